The number of benzene rings is 2. The molecule has 2 aromatic rings. The molecule has 0 N–H and O–H groups in total. The van der Waals surface area contributed by atoms with Crippen molar-refractivity contribution in [2.75, 3.05) is 0 Å². The summed E-state index contributed by atoms with van der Waals surface area (Å²) in [7, 11) is 0. The van der Waals surface area contributed by atoms with E-state index in [4.69, 9.17) is 0 Å². The molecule has 0 heterocycles. The summed E-state index contributed by atoms with van der Waals surface area (Å²) >= 11 is 0. The Bertz CT molecular complexity index is 423. The summed E-state index contributed by atoms with van der Waals surface area (Å²) in [6, 6.07) is 18.2. The normalized spacial score (nSPS) is 10.3. The third-order valence-electron chi connectivity index (χ3n) is 2.50. The van der Waals surface area contributed by atoms with Crippen LogP contribution in [-0.2, 0) is 4.79 Å². The van der Waals surface area contributed by atoms with Gasteiger partial charge in [0.05, 0.1) is 5.97 Å². The summed E-state index contributed by atoms with van der Waals surface area (Å²) in [5.41, 5.74) is 1.49. The zero-order valence-electron chi connectivity index (χ0n) is 8.67. The molecule has 0 amide bonds. The summed E-state index contributed by atoms with van der Waals surface area (Å²) in [4.78, 5) is 11.2. The van der Waals surface area contributed by atoms with Gasteiger partial charge in [-0.25, -0.2) is 0 Å². The van der Waals surface area contributed by atoms with Crippen molar-refractivity contribution in [3.63, 3.8) is 0 Å². The monoisotopic (exact) mass is 211 g/mol. The Hall–Kier alpha value is -2.09. The van der Waals surface area contributed by atoms with Gasteiger partial charge in [0.15, 0.2) is 0 Å². The number of carbonyl (C=O) groups is 1. The molecule has 16 heavy (non-hydrogen) atoms. The van der Waals surface area contributed by atoms with Crippen LogP contribution in [0.5, 0.6) is 0 Å². The Labute approximate surface area is 94.2 Å². The molecule has 0 bridgehead atoms. The molecule has 80 valence electrons. The lowest BCUT2D eigenvalue weighted by molar-refractivity contribution is -0.306. The van der Waals surface area contributed by atoms with Crippen molar-refractivity contribution in [3.05, 3.63) is 71.8 Å². The van der Waals surface area contributed by atoms with Crippen LogP contribution in [-0.4, -0.2) is 5.97 Å². The average Bonchev–Trinajstić information content (AvgIpc) is 2.31. The topological polar surface area (TPSA) is 40.1 Å². The molecule has 2 nitrogen and oxygen atoms in total. The second kappa shape index (κ2) is 4.62. The fourth-order valence-corrected chi connectivity index (χ4v) is 1.76. The van der Waals surface area contributed by atoms with E-state index < -0.39 is 11.9 Å². The first kappa shape index (κ1) is 10.4. The Balaban J connectivity index is 2.44. The van der Waals surface area contributed by atoms with Crippen LogP contribution in [0.3, 0.4) is 0 Å². The van der Waals surface area contributed by atoms with E-state index in [1.807, 2.05) is 36.4 Å². The van der Waals surface area contributed by atoms with Gasteiger partial charge in [-0.3, -0.25) is 0 Å². The van der Waals surface area contributed by atoms with E-state index in [2.05, 4.69) is 0 Å². The van der Waals surface area contributed by atoms with Crippen molar-refractivity contribution < 1.29 is 9.90 Å². The molecular formula is C14H11O2-. The Morgan fingerprint density at radius 1 is 0.812 bits per heavy atom. The van der Waals surface area contributed by atoms with Crippen LogP contribution in [0.1, 0.15) is 17.0 Å². The van der Waals surface area contributed by atoms with Crippen LogP contribution < -0.4 is 5.11 Å². The van der Waals surface area contributed by atoms with E-state index in [1.54, 1.807) is 24.3 Å². The number of aliphatic carboxylic acids is 1. The first-order valence-electron chi connectivity index (χ1n) is 5.10. The average molecular weight is 211 g/mol. The number of carboxylic acid groups (broad SMARTS) is 1. The van der Waals surface area contributed by atoms with Gasteiger partial charge in [-0.1, -0.05) is 60.7 Å². The molecule has 2 rings (SSSR count). The second-order valence-electron chi connectivity index (χ2n) is 3.57. The van der Waals surface area contributed by atoms with E-state index in [9.17, 15) is 9.90 Å². The SMILES string of the molecule is O=C([O-])C(c1ccccc1)c1ccccc1. The van der Waals surface area contributed by atoms with Gasteiger partial charge in [-0.05, 0) is 11.1 Å². The van der Waals surface area contributed by atoms with E-state index in [0.29, 0.717) is 0 Å². The number of carboxylic acids is 1. The van der Waals surface area contributed by atoms with Crippen molar-refractivity contribution >= 4 is 5.97 Å². The lowest BCUT2D eigenvalue weighted by Crippen LogP contribution is -2.30. The van der Waals surface area contributed by atoms with Crippen molar-refractivity contribution in [2.45, 2.75) is 5.92 Å². The molecule has 0 aliphatic heterocycles. The minimum Gasteiger partial charge on any atom is -0.549 e. The molecule has 0 aliphatic carbocycles. The van der Waals surface area contributed by atoms with E-state index in [0.717, 1.165) is 11.1 Å². The predicted molar refractivity (Wildman–Crippen MR) is 59.7 cm³/mol. The van der Waals surface area contributed by atoms with Gasteiger partial charge in [-0.2, -0.15) is 0 Å². The fraction of sp³-hybridized carbons (Fsp3) is 0.0714. The number of rotatable bonds is 3. The quantitative estimate of drug-likeness (QED) is 0.773. The van der Waals surface area contributed by atoms with Gasteiger partial charge in [0.1, 0.15) is 0 Å². The zero-order valence-corrected chi connectivity index (χ0v) is 8.67. The standard InChI is InChI=1S/C14H12O2/c15-14(16)13(11-7-3-1-4-8-11)12-9-5-2-6-10-12/h1-10,13H,(H,15,16)/p-1. The Morgan fingerprint density at radius 3 is 1.50 bits per heavy atom. The maximum absolute atomic E-state index is 11.2. The number of hydrogen-bond acceptors (Lipinski definition) is 2. The highest BCUT2D eigenvalue weighted by atomic mass is 16.4. The van der Waals surface area contributed by atoms with Gasteiger partial charge >= 0.3 is 0 Å². The van der Waals surface area contributed by atoms with Gasteiger partial charge in [0, 0.05) is 5.92 Å². The molecule has 0 saturated carbocycles. The van der Waals surface area contributed by atoms with Crippen LogP contribution in [0.15, 0.2) is 60.7 Å². The maximum atomic E-state index is 11.2. The Morgan fingerprint density at radius 2 is 1.19 bits per heavy atom. The highest BCUT2D eigenvalue weighted by Gasteiger charge is 2.14. The van der Waals surface area contributed by atoms with Crippen molar-refractivity contribution in [1.29, 1.82) is 0 Å². The van der Waals surface area contributed by atoms with Gasteiger partial charge < -0.3 is 9.90 Å². The molecular weight excluding hydrogens is 200 g/mol. The summed E-state index contributed by atoms with van der Waals surface area (Å²) in [5.74, 6) is -1.76. The van der Waals surface area contributed by atoms with Crippen molar-refractivity contribution in [2.24, 2.45) is 0 Å². The fourth-order valence-electron chi connectivity index (χ4n) is 1.76. The molecule has 2 aromatic carbocycles. The molecule has 0 radical (unpaired) electrons. The highest BCUT2D eigenvalue weighted by Crippen LogP contribution is 2.23. The predicted octanol–water partition coefficient (Wildman–Crippen LogP) is 1.57. The summed E-state index contributed by atoms with van der Waals surface area (Å²) < 4.78 is 0. The van der Waals surface area contributed by atoms with Gasteiger partial charge in [0.25, 0.3) is 0 Å². The molecule has 0 fully saturated rings. The van der Waals surface area contributed by atoms with Crippen molar-refractivity contribution in [1.82, 2.24) is 0 Å². The van der Waals surface area contributed by atoms with Gasteiger partial charge in [0.2, 0.25) is 0 Å². The van der Waals surface area contributed by atoms with Crippen LogP contribution in [0.4, 0.5) is 0 Å². The third-order valence-corrected chi connectivity index (χ3v) is 2.50. The van der Waals surface area contributed by atoms with E-state index >= 15 is 0 Å². The zero-order chi connectivity index (χ0) is 11.4. The highest BCUT2D eigenvalue weighted by molar-refractivity contribution is 5.78. The molecule has 0 aromatic heterocycles. The van der Waals surface area contributed by atoms with Crippen molar-refractivity contribution in [3.8, 4) is 0 Å². The third kappa shape index (κ3) is 2.11. The first-order chi connectivity index (χ1) is 7.79. The minimum absolute atomic E-state index is 0.692. The van der Waals surface area contributed by atoms with Crippen LogP contribution >= 0.6 is 0 Å². The van der Waals surface area contributed by atoms with Crippen LogP contribution in [0.25, 0.3) is 0 Å². The molecule has 0 aliphatic rings. The van der Waals surface area contributed by atoms with Crippen LogP contribution in [0, 0.1) is 0 Å². The summed E-state index contributed by atoms with van der Waals surface area (Å²) in [6.45, 7) is 0. The van der Waals surface area contributed by atoms with E-state index in [-0.39, 0.29) is 0 Å². The lowest BCUT2D eigenvalue weighted by Gasteiger charge is -2.18. The summed E-state index contributed by atoms with van der Waals surface area (Å²) in [5, 5.41) is 11.2. The molecule has 0 spiro atoms. The first-order valence-corrected chi connectivity index (χ1v) is 5.10. The second-order valence-corrected chi connectivity index (χ2v) is 3.57. The maximum Gasteiger partial charge on any atom is 0.0533 e. The molecule has 2 heteroatoms. The number of carbonyl (C=O) groups excluding carboxylic acids is 1. The van der Waals surface area contributed by atoms with E-state index in [1.165, 1.54) is 0 Å². The van der Waals surface area contributed by atoms with Crippen LogP contribution in [0.2, 0.25) is 0 Å². The van der Waals surface area contributed by atoms with Gasteiger partial charge in [-0.15, -0.1) is 0 Å². The molecule has 0 saturated heterocycles. The minimum atomic E-state index is -1.07. The lowest BCUT2D eigenvalue weighted by atomic mass is 9.92. The Kier molecular flexibility index (Phi) is 3.01. The molecule has 0 atom stereocenters. The smallest absolute Gasteiger partial charge is 0.0533 e. The number of hydrogen-bond donors (Lipinski definition) is 0. The largest absolute Gasteiger partial charge is 0.549 e. The molecule has 0 unspecified atom stereocenters. The summed E-state index contributed by atoms with van der Waals surface area (Å²) in [6.07, 6.45) is 0.